The van der Waals surface area contributed by atoms with E-state index >= 15 is 0 Å². The lowest BCUT2D eigenvalue weighted by molar-refractivity contribution is -0.113. The Morgan fingerprint density at radius 2 is 1.94 bits per heavy atom. The lowest BCUT2D eigenvalue weighted by Crippen LogP contribution is -2.23. The fourth-order valence-electron chi connectivity index (χ4n) is 3.77. The standard InChI is InChI=1S/C25H24N4O3S/c1-2-32-19-12-8-17(9-13-19)27-21(30)15-33-25-28-22-20(16-6-4-3-5-7-16)14-26-23(22)24(31)29(25)18-10-11-18/h3-9,12-14,18,26H,2,10-11,15H2,1H3,(H,27,30). The minimum atomic E-state index is -0.154. The van der Waals surface area contributed by atoms with Crippen LogP contribution in [-0.4, -0.2) is 32.8 Å². The van der Waals surface area contributed by atoms with E-state index in [2.05, 4.69) is 10.3 Å². The number of carbonyl (C=O) groups excluding carboxylic acids is 1. The van der Waals surface area contributed by atoms with E-state index < -0.39 is 0 Å². The van der Waals surface area contributed by atoms with Crippen LogP contribution in [0.25, 0.3) is 22.2 Å². The van der Waals surface area contributed by atoms with Gasteiger partial charge in [-0.3, -0.25) is 14.2 Å². The van der Waals surface area contributed by atoms with Gasteiger partial charge in [0.15, 0.2) is 5.16 Å². The molecule has 0 atom stereocenters. The molecule has 0 bridgehead atoms. The number of nitrogens with one attached hydrogen (secondary N) is 2. The van der Waals surface area contributed by atoms with Crippen LogP contribution in [0, 0.1) is 0 Å². The van der Waals surface area contributed by atoms with Gasteiger partial charge in [-0.1, -0.05) is 42.1 Å². The first-order valence-corrected chi connectivity index (χ1v) is 12.0. The van der Waals surface area contributed by atoms with Gasteiger partial charge < -0.3 is 15.0 Å². The molecule has 4 aromatic rings. The Morgan fingerprint density at radius 1 is 1.18 bits per heavy atom. The zero-order chi connectivity index (χ0) is 22.8. The summed E-state index contributed by atoms with van der Waals surface area (Å²) in [6.07, 6.45) is 3.73. The van der Waals surface area contributed by atoms with Crippen molar-refractivity contribution >= 4 is 34.4 Å². The molecule has 0 spiro atoms. The Bertz CT molecular complexity index is 1340. The van der Waals surface area contributed by atoms with Crippen LogP contribution in [0.15, 0.2) is 70.7 Å². The molecule has 0 aliphatic heterocycles. The number of benzene rings is 2. The second-order valence-corrected chi connectivity index (χ2v) is 8.83. The summed E-state index contributed by atoms with van der Waals surface area (Å²) in [5.41, 5.74) is 3.62. The average Bonchev–Trinajstić information content (AvgIpc) is 3.57. The van der Waals surface area contributed by atoms with Crippen molar-refractivity contribution in [2.24, 2.45) is 0 Å². The summed E-state index contributed by atoms with van der Waals surface area (Å²) >= 11 is 1.29. The smallest absolute Gasteiger partial charge is 0.278 e. The van der Waals surface area contributed by atoms with Crippen molar-refractivity contribution in [2.45, 2.75) is 31.0 Å². The van der Waals surface area contributed by atoms with E-state index in [0.717, 1.165) is 29.7 Å². The number of fused-ring (bicyclic) bond motifs is 1. The molecule has 1 aliphatic rings. The Hall–Kier alpha value is -3.52. The van der Waals surface area contributed by atoms with Gasteiger partial charge in [-0.2, -0.15) is 0 Å². The third kappa shape index (κ3) is 4.52. The molecule has 0 radical (unpaired) electrons. The van der Waals surface area contributed by atoms with Crippen molar-refractivity contribution in [1.82, 2.24) is 14.5 Å². The number of nitrogens with zero attached hydrogens (tertiary/aromatic N) is 2. The molecule has 0 saturated heterocycles. The quantitative estimate of drug-likeness (QED) is 0.290. The summed E-state index contributed by atoms with van der Waals surface area (Å²) in [6.45, 7) is 2.52. The first-order chi connectivity index (χ1) is 16.1. The number of rotatable bonds is 8. The Morgan fingerprint density at radius 3 is 2.64 bits per heavy atom. The highest BCUT2D eigenvalue weighted by Gasteiger charge is 2.29. The van der Waals surface area contributed by atoms with Gasteiger partial charge in [-0.15, -0.1) is 0 Å². The highest BCUT2D eigenvalue weighted by Crippen LogP contribution is 2.37. The predicted molar refractivity (Wildman–Crippen MR) is 131 cm³/mol. The number of ether oxygens (including phenoxy) is 1. The summed E-state index contributed by atoms with van der Waals surface area (Å²) in [4.78, 5) is 33.8. The van der Waals surface area contributed by atoms with Crippen molar-refractivity contribution in [2.75, 3.05) is 17.7 Å². The number of hydrogen-bond donors (Lipinski definition) is 2. The molecular formula is C25H24N4O3S. The zero-order valence-electron chi connectivity index (χ0n) is 18.2. The molecule has 1 saturated carbocycles. The first kappa shape index (κ1) is 21.3. The fourth-order valence-corrected chi connectivity index (χ4v) is 4.63. The molecule has 33 heavy (non-hydrogen) atoms. The van der Waals surface area contributed by atoms with Crippen molar-refractivity contribution in [3.63, 3.8) is 0 Å². The minimum Gasteiger partial charge on any atom is -0.494 e. The van der Waals surface area contributed by atoms with Gasteiger partial charge in [-0.05, 0) is 49.6 Å². The maximum Gasteiger partial charge on any atom is 0.278 e. The second-order valence-electron chi connectivity index (χ2n) is 7.89. The molecule has 7 nitrogen and oxygen atoms in total. The maximum absolute atomic E-state index is 13.3. The van der Waals surface area contributed by atoms with Crippen LogP contribution in [0.3, 0.4) is 0 Å². The molecule has 1 aliphatic carbocycles. The summed E-state index contributed by atoms with van der Waals surface area (Å²) in [5, 5.41) is 3.47. The van der Waals surface area contributed by atoms with Gasteiger partial charge in [0.2, 0.25) is 5.91 Å². The number of hydrogen-bond acceptors (Lipinski definition) is 5. The normalized spacial score (nSPS) is 13.2. The summed E-state index contributed by atoms with van der Waals surface area (Å²) in [5.74, 6) is 0.762. The van der Waals surface area contributed by atoms with Gasteiger partial charge in [0.05, 0.1) is 12.4 Å². The molecular weight excluding hydrogens is 436 g/mol. The third-order valence-electron chi connectivity index (χ3n) is 5.48. The molecule has 5 rings (SSSR count). The number of amides is 1. The minimum absolute atomic E-state index is 0.0842. The molecule has 2 heterocycles. The largest absolute Gasteiger partial charge is 0.494 e. The van der Waals surface area contributed by atoms with Crippen LogP contribution in [0.4, 0.5) is 5.69 Å². The predicted octanol–water partition coefficient (Wildman–Crippen LogP) is 4.86. The van der Waals surface area contributed by atoms with E-state index in [1.54, 1.807) is 4.57 Å². The molecule has 2 aromatic heterocycles. The van der Waals surface area contributed by atoms with Crippen molar-refractivity contribution < 1.29 is 9.53 Å². The van der Waals surface area contributed by atoms with Gasteiger partial charge in [0.1, 0.15) is 16.8 Å². The lowest BCUT2D eigenvalue weighted by Gasteiger charge is -2.12. The monoisotopic (exact) mass is 460 g/mol. The van der Waals surface area contributed by atoms with Crippen LogP contribution in [0.5, 0.6) is 5.75 Å². The van der Waals surface area contributed by atoms with Crippen molar-refractivity contribution in [3.8, 4) is 16.9 Å². The number of thioether (sulfide) groups is 1. The van der Waals surface area contributed by atoms with E-state index in [0.29, 0.717) is 28.5 Å². The Kier molecular flexibility index (Phi) is 5.92. The van der Waals surface area contributed by atoms with Crippen LogP contribution >= 0.6 is 11.8 Å². The van der Waals surface area contributed by atoms with E-state index in [1.165, 1.54) is 11.8 Å². The van der Waals surface area contributed by atoms with Crippen LogP contribution in [0.2, 0.25) is 0 Å². The molecule has 0 unspecified atom stereocenters. The third-order valence-corrected chi connectivity index (χ3v) is 6.43. The molecule has 1 fully saturated rings. The van der Waals surface area contributed by atoms with Gasteiger partial charge in [-0.25, -0.2) is 4.98 Å². The second kappa shape index (κ2) is 9.15. The number of aromatic amines is 1. The molecule has 2 N–H and O–H groups in total. The van der Waals surface area contributed by atoms with E-state index in [-0.39, 0.29) is 23.3 Å². The molecule has 8 heteroatoms. The molecule has 1 amide bonds. The highest BCUT2D eigenvalue weighted by molar-refractivity contribution is 7.99. The Labute approximate surface area is 195 Å². The van der Waals surface area contributed by atoms with E-state index in [9.17, 15) is 9.59 Å². The number of carbonyl (C=O) groups is 1. The van der Waals surface area contributed by atoms with E-state index in [4.69, 9.17) is 9.72 Å². The first-order valence-electron chi connectivity index (χ1n) is 11.0. The summed E-state index contributed by atoms with van der Waals surface area (Å²) in [6, 6.07) is 17.3. The summed E-state index contributed by atoms with van der Waals surface area (Å²) < 4.78 is 7.17. The molecule has 2 aromatic carbocycles. The number of aromatic nitrogens is 3. The summed E-state index contributed by atoms with van der Waals surface area (Å²) in [7, 11) is 0. The van der Waals surface area contributed by atoms with Crippen LogP contribution in [-0.2, 0) is 4.79 Å². The average molecular weight is 461 g/mol. The van der Waals surface area contributed by atoms with Gasteiger partial charge in [0, 0.05) is 23.5 Å². The van der Waals surface area contributed by atoms with Gasteiger partial charge in [0.25, 0.3) is 5.56 Å². The van der Waals surface area contributed by atoms with Crippen molar-refractivity contribution in [3.05, 3.63) is 71.1 Å². The fraction of sp³-hybridized carbons (Fsp3) is 0.240. The number of H-pyrrole nitrogens is 1. The SMILES string of the molecule is CCOc1ccc(NC(=O)CSc2nc3c(-c4ccccc4)c[nH]c3c(=O)n2C2CC2)cc1. The maximum atomic E-state index is 13.3. The number of anilines is 1. The zero-order valence-corrected chi connectivity index (χ0v) is 19.0. The lowest BCUT2D eigenvalue weighted by atomic mass is 10.1. The topological polar surface area (TPSA) is 89.0 Å². The van der Waals surface area contributed by atoms with Gasteiger partial charge >= 0.3 is 0 Å². The van der Waals surface area contributed by atoms with Crippen LogP contribution < -0.4 is 15.6 Å². The van der Waals surface area contributed by atoms with Crippen molar-refractivity contribution in [1.29, 1.82) is 0 Å². The highest BCUT2D eigenvalue weighted by atomic mass is 32.2. The molecule has 168 valence electrons. The Balaban J connectivity index is 1.39. The van der Waals surface area contributed by atoms with Crippen LogP contribution in [0.1, 0.15) is 25.8 Å². The van der Waals surface area contributed by atoms with E-state index in [1.807, 2.05) is 67.7 Å².